The monoisotopic (exact) mass is 292 g/mol. The number of anilines is 1. The quantitative estimate of drug-likeness (QED) is 0.840. The van der Waals surface area contributed by atoms with Crippen LogP contribution in [0.2, 0.25) is 0 Å². The van der Waals surface area contributed by atoms with E-state index in [0.29, 0.717) is 25.3 Å². The minimum atomic E-state index is -0.559. The van der Waals surface area contributed by atoms with Crippen LogP contribution in [0.3, 0.4) is 0 Å². The predicted molar refractivity (Wildman–Crippen MR) is 82.4 cm³/mol. The van der Waals surface area contributed by atoms with Gasteiger partial charge in [-0.05, 0) is 50.4 Å². The van der Waals surface area contributed by atoms with Gasteiger partial charge in [-0.2, -0.15) is 0 Å². The largest absolute Gasteiger partial charge is 0.479 e. The van der Waals surface area contributed by atoms with Crippen LogP contribution in [0.25, 0.3) is 0 Å². The van der Waals surface area contributed by atoms with Gasteiger partial charge in [0.1, 0.15) is 5.75 Å². The maximum atomic E-state index is 12.3. The van der Waals surface area contributed by atoms with Crippen LogP contribution in [0.5, 0.6) is 5.75 Å². The molecule has 0 aromatic heterocycles. The molecule has 1 heterocycles. The van der Waals surface area contributed by atoms with Gasteiger partial charge in [0, 0.05) is 6.54 Å². The van der Waals surface area contributed by atoms with Crippen LogP contribution in [-0.2, 0) is 4.79 Å². The van der Waals surface area contributed by atoms with Crippen molar-refractivity contribution in [1.29, 1.82) is 0 Å². The maximum Gasteiger partial charge on any atom is 0.267 e. The predicted octanol–water partition coefficient (Wildman–Crippen LogP) is 1.98. The Balaban J connectivity index is 2.30. The van der Waals surface area contributed by atoms with Crippen molar-refractivity contribution in [2.75, 3.05) is 18.0 Å². The summed E-state index contributed by atoms with van der Waals surface area (Å²) in [7, 11) is 0. The van der Waals surface area contributed by atoms with Gasteiger partial charge < -0.3 is 20.5 Å². The van der Waals surface area contributed by atoms with Crippen molar-refractivity contribution in [3.05, 3.63) is 23.8 Å². The van der Waals surface area contributed by atoms with Crippen molar-refractivity contribution in [3.8, 4) is 5.75 Å². The van der Waals surface area contributed by atoms with Gasteiger partial charge in [-0.25, -0.2) is 0 Å². The molecule has 5 nitrogen and oxygen atoms in total. The number of nitrogens with zero attached hydrogens (tertiary/aromatic N) is 1. The first-order chi connectivity index (χ1) is 10.1. The van der Waals surface area contributed by atoms with E-state index in [-0.39, 0.29) is 5.91 Å². The zero-order valence-electron chi connectivity index (χ0n) is 12.7. The molecular formula is C16H24N2O3. The Labute approximate surface area is 125 Å². The van der Waals surface area contributed by atoms with Crippen LogP contribution in [0, 0.1) is 0 Å². The number of rotatable bonds is 6. The molecule has 21 heavy (non-hydrogen) atoms. The van der Waals surface area contributed by atoms with E-state index in [2.05, 4.69) is 0 Å². The number of nitrogens with two attached hydrogens (primary N) is 1. The van der Waals surface area contributed by atoms with E-state index in [1.165, 1.54) is 0 Å². The number of hydrogen-bond acceptors (Lipinski definition) is 4. The molecule has 2 atom stereocenters. The van der Waals surface area contributed by atoms with Crippen molar-refractivity contribution in [2.24, 2.45) is 5.73 Å². The summed E-state index contributed by atoms with van der Waals surface area (Å²) in [6, 6.07) is 5.55. The van der Waals surface area contributed by atoms with Crippen molar-refractivity contribution >= 4 is 11.6 Å². The fourth-order valence-electron chi connectivity index (χ4n) is 2.56. The molecule has 0 spiro atoms. The minimum Gasteiger partial charge on any atom is -0.479 e. The Kier molecular flexibility index (Phi) is 5.20. The first kappa shape index (κ1) is 15.8. The van der Waals surface area contributed by atoms with E-state index in [4.69, 9.17) is 10.5 Å². The second-order valence-corrected chi connectivity index (χ2v) is 5.42. The Morgan fingerprint density at radius 2 is 2.24 bits per heavy atom. The van der Waals surface area contributed by atoms with Crippen LogP contribution in [0.15, 0.2) is 18.2 Å². The fraction of sp³-hybridized carbons (Fsp3) is 0.562. The van der Waals surface area contributed by atoms with Crippen LogP contribution in [-0.4, -0.2) is 30.2 Å². The standard InChI is InChI=1S/C16H24N2O3/c1-3-9-18-13-10-12(14(19)5-4-8-17)6-7-15(13)21-11(2)16(18)20/h6-7,10-11,14,19H,3-5,8-9,17H2,1-2H3. The molecular weight excluding hydrogens is 268 g/mol. The Morgan fingerprint density at radius 1 is 1.48 bits per heavy atom. The average molecular weight is 292 g/mol. The number of carbonyl (C=O) groups is 1. The van der Waals surface area contributed by atoms with Crippen LogP contribution < -0.4 is 15.4 Å². The summed E-state index contributed by atoms with van der Waals surface area (Å²) in [5.41, 5.74) is 7.03. The highest BCUT2D eigenvalue weighted by Gasteiger charge is 2.31. The van der Waals surface area contributed by atoms with Crippen LogP contribution in [0.1, 0.15) is 44.8 Å². The maximum absolute atomic E-state index is 12.3. The number of aliphatic hydroxyl groups excluding tert-OH is 1. The summed E-state index contributed by atoms with van der Waals surface area (Å²) >= 11 is 0. The molecule has 1 aliphatic heterocycles. The van der Waals surface area contributed by atoms with Crippen molar-refractivity contribution < 1.29 is 14.6 Å². The Hall–Kier alpha value is -1.59. The first-order valence-electron chi connectivity index (χ1n) is 7.58. The third-order valence-corrected chi connectivity index (χ3v) is 3.71. The van der Waals surface area contributed by atoms with Gasteiger partial charge in [-0.1, -0.05) is 13.0 Å². The zero-order chi connectivity index (χ0) is 15.4. The highest BCUT2D eigenvalue weighted by molar-refractivity contribution is 5.99. The summed E-state index contributed by atoms with van der Waals surface area (Å²) < 4.78 is 5.64. The van der Waals surface area contributed by atoms with E-state index < -0.39 is 12.2 Å². The third-order valence-electron chi connectivity index (χ3n) is 3.71. The van der Waals surface area contributed by atoms with E-state index in [1.54, 1.807) is 11.8 Å². The first-order valence-corrected chi connectivity index (χ1v) is 7.58. The molecule has 1 aliphatic rings. The molecule has 1 aromatic carbocycles. The molecule has 5 heteroatoms. The van der Waals surface area contributed by atoms with Gasteiger partial charge >= 0.3 is 0 Å². The summed E-state index contributed by atoms with van der Waals surface area (Å²) in [5, 5.41) is 10.2. The second-order valence-electron chi connectivity index (χ2n) is 5.42. The molecule has 1 aromatic rings. The molecule has 0 bridgehead atoms. The summed E-state index contributed by atoms with van der Waals surface area (Å²) in [4.78, 5) is 14.0. The van der Waals surface area contributed by atoms with Gasteiger partial charge in [0.05, 0.1) is 11.8 Å². The SMILES string of the molecule is CCCN1C(=O)C(C)Oc2ccc(C(O)CCCN)cc21. The molecule has 0 fully saturated rings. The number of benzene rings is 1. The lowest BCUT2D eigenvalue weighted by Gasteiger charge is -2.33. The molecule has 0 saturated carbocycles. The van der Waals surface area contributed by atoms with Gasteiger partial charge in [-0.3, -0.25) is 4.79 Å². The summed E-state index contributed by atoms with van der Waals surface area (Å²) in [6.45, 7) is 5.01. The summed E-state index contributed by atoms with van der Waals surface area (Å²) in [5.74, 6) is 0.670. The Morgan fingerprint density at radius 3 is 2.90 bits per heavy atom. The lowest BCUT2D eigenvalue weighted by molar-refractivity contribution is -0.125. The van der Waals surface area contributed by atoms with Gasteiger partial charge in [0.15, 0.2) is 6.10 Å². The highest BCUT2D eigenvalue weighted by atomic mass is 16.5. The van der Waals surface area contributed by atoms with E-state index in [9.17, 15) is 9.90 Å². The number of carbonyl (C=O) groups excluding carboxylic acids is 1. The molecule has 0 radical (unpaired) electrons. The van der Waals surface area contributed by atoms with Crippen LogP contribution >= 0.6 is 0 Å². The lowest BCUT2D eigenvalue weighted by Crippen LogP contribution is -2.44. The van der Waals surface area contributed by atoms with E-state index in [0.717, 1.165) is 24.1 Å². The second kappa shape index (κ2) is 6.91. The summed E-state index contributed by atoms with van der Waals surface area (Å²) in [6.07, 6.45) is 1.24. The van der Waals surface area contributed by atoms with E-state index in [1.807, 2.05) is 25.1 Å². The number of hydrogen-bond donors (Lipinski definition) is 2. The lowest BCUT2D eigenvalue weighted by atomic mass is 10.0. The minimum absolute atomic E-state index is 0.0297. The highest BCUT2D eigenvalue weighted by Crippen LogP contribution is 2.36. The Bertz CT molecular complexity index is 504. The molecule has 3 N–H and O–H groups in total. The van der Waals surface area contributed by atoms with Crippen LogP contribution in [0.4, 0.5) is 5.69 Å². The van der Waals surface area contributed by atoms with Gasteiger partial charge in [0.2, 0.25) is 0 Å². The average Bonchev–Trinajstić information content (AvgIpc) is 2.49. The topological polar surface area (TPSA) is 75.8 Å². The van der Waals surface area contributed by atoms with Crippen molar-refractivity contribution in [1.82, 2.24) is 0 Å². The zero-order valence-corrected chi connectivity index (χ0v) is 12.7. The van der Waals surface area contributed by atoms with E-state index >= 15 is 0 Å². The molecule has 0 aliphatic carbocycles. The smallest absolute Gasteiger partial charge is 0.267 e. The molecule has 2 unspecified atom stereocenters. The number of ether oxygens (including phenoxy) is 1. The van der Waals surface area contributed by atoms with Gasteiger partial charge in [0.25, 0.3) is 5.91 Å². The number of aliphatic hydroxyl groups is 1. The molecule has 1 amide bonds. The number of amides is 1. The van der Waals surface area contributed by atoms with Gasteiger partial charge in [-0.15, -0.1) is 0 Å². The normalized spacial score (nSPS) is 19.1. The molecule has 2 rings (SSSR count). The molecule has 116 valence electrons. The van der Waals surface area contributed by atoms with Crippen molar-refractivity contribution in [2.45, 2.75) is 45.3 Å². The molecule has 0 saturated heterocycles. The third kappa shape index (κ3) is 3.36. The number of fused-ring (bicyclic) bond motifs is 1. The van der Waals surface area contributed by atoms with Crippen molar-refractivity contribution in [3.63, 3.8) is 0 Å². The fourth-order valence-corrected chi connectivity index (χ4v) is 2.56.